The molecule has 0 aliphatic heterocycles. The Morgan fingerprint density at radius 2 is 1.40 bits per heavy atom. The van der Waals surface area contributed by atoms with Gasteiger partial charge in [0.05, 0.1) is 12.3 Å². The molecule has 240 valence electrons. The molecule has 5 nitrogen and oxygen atoms in total. The minimum atomic E-state index is 0.0281. The van der Waals surface area contributed by atoms with Crippen molar-refractivity contribution in [2.24, 2.45) is 5.92 Å². The molecule has 0 bridgehead atoms. The first kappa shape index (κ1) is 43.8. The van der Waals surface area contributed by atoms with Crippen LogP contribution in [0.1, 0.15) is 149 Å². The molecule has 1 aromatic heterocycles. The van der Waals surface area contributed by atoms with Gasteiger partial charge in [0, 0.05) is 23.2 Å². The summed E-state index contributed by atoms with van der Waals surface area (Å²) in [7, 11) is 0. The summed E-state index contributed by atoms with van der Waals surface area (Å²) in [5.41, 5.74) is 4.57. The Labute approximate surface area is 259 Å². The van der Waals surface area contributed by atoms with E-state index in [2.05, 4.69) is 44.2 Å². The van der Waals surface area contributed by atoms with Crippen molar-refractivity contribution >= 4 is 17.6 Å². The van der Waals surface area contributed by atoms with Gasteiger partial charge >= 0.3 is 0 Å². The maximum absolute atomic E-state index is 10.8. The van der Waals surface area contributed by atoms with E-state index in [1.54, 1.807) is 13.0 Å². The van der Waals surface area contributed by atoms with Crippen LogP contribution in [-0.2, 0) is 16.2 Å². The predicted molar refractivity (Wildman–Crippen MR) is 184 cm³/mol. The molecule has 0 radical (unpaired) electrons. The summed E-state index contributed by atoms with van der Waals surface area (Å²) in [5.74, 6) is 1.90. The second kappa shape index (κ2) is 29.8. The van der Waals surface area contributed by atoms with Gasteiger partial charge in [-0.2, -0.15) is 0 Å². The molecule has 0 saturated heterocycles. The number of aliphatic hydroxyl groups excluding tert-OH is 1. The standard InChI is InChI=1S/C15H16N2O.C10H20O.C7H16.C3H6O.C2H6/c1-4-14-10(2)16-11(3)17-15(14)13-7-5-6-12(8-13)9-18;1-4-6-10(7-5-2)8-9(3)11;1-3-5-7-6-4-2;1-3(2)4;1-2/h4-8,18H,1,9H2,2-3H3;10H,4-8H2,1-3H3;3-7H2,1-2H3;1-2H3;1-2H3. The highest BCUT2D eigenvalue weighted by Crippen LogP contribution is 2.25. The number of Topliss-reactive ketones (excluding diaryl/α,β-unsaturated/α-hetero) is 2. The SMILES string of the molecule is C=Cc1c(C)nc(C)nc1-c1cccc(CO)c1.CC.CC(C)=O.CCCC(CCC)CC(C)=O.CCCCCCC. The van der Waals surface area contributed by atoms with Gasteiger partial charge in [-0.25, -0.2) is 9.97 Å². The number of hydrogen-bond donors (Lipinski definition) is 1. The lowest BCUT2D eigenvalue weighted by Gasteiger charge is -2.12. The summed E-state index contributed by atoms with van der Waals surface area (Å²) in [4.78, 5) is 29.1. The van der Waals surface area contributed by atoms with Crippen LogP contribution in [0.3, 0.4) is 0 Å². The van der Waals surface area contributed by atoms with Crippen molar-refractivity contribution in [2.45, 2.75) is 147 Å². The predicted octanol–water partition coefficient (Wildman–Crippen LogP) is 10.7. The third-order valence-corrected chi connectivity index (χ3v) is 6.01. The second-order valence-corrected chi connectivity index (χ2v) is 10.5. The Morgan fingerprint density at radius 1 is 0.881 bits per heavy atom. The molecule has 2 aromatic rings. The smallest absolute Gasteiger partial charge is 0.130 e. The summed E-state index contributed by atoms with van der Waals surface area (Å²) in [6.07, 6.45) is 14.4. The molecule has 5 heteroatoms. The molecular weight excluding hydrogens is 520 g/mol. The van der Waals surface area contributed by atoms with E-state index in [4.69, 9.17) is 0 Å². The lowest BCUT2D eigenvalue weighted by molar-refractivity contribution is -0.118. The normalized spacial score (nSPS) is 9.55. The van der Waals surface area contributed by atoms with Crippen molar-refractivity contribution in [3.63, 3.8) is 0 Å². The number of ketones is 2. The maximum atomic E-state index is 10.8. The zero-order valence-electron chi connectivity index (χ0n) is 29.1. The van der Waals surface area contributed by atoms with Crippen LogP contribution in [0.25, 0.3) is 17.3 Å². The second-order valence-electron chi connectivity index (χ2n) is 10.5. The number of aromatic nitrogens is 2. The molecule has 0 saturated carbocycles. The third kappa shape index (κ3) is 24.0. The van der Waals surface area contributed by atoms with E-state index in [1.807, 2.05) is 52.0 Å². The van der Waals surface area contributed by atoms with Gasteiger partial charge in [0.2, 0.25) is 0 Å². The highest BCUT2D eigenvalue weighted by atomic mass is 16.3. The molecule has 0 unspecified atom stereocenters. The molecule has 0 amide bonds. The lowest BCUT2D eigenvalue weighted by atomic mass is 9.93. The van der Waals surface area contributed by atoms with Gasteiger partial charge in [0.25, 0.3) is 0 Å². The van der Waals surface area contributed by atoms with Crippen molar-refractivity contribution < 1.29 is 14.7 Å². The molecule has 0 aliphatic carbocycles. The van der Waals surface area contributed by atoms with E-state index in [1.165, 1.54) is 71.6 Å². The monoisotopic (exact) mass is 584 g/mol. The first-order valence-electron chi connectivity index (χ1n) is 16.1. The van der Waals surface area contributed by atoms with Crippen LogP contribution in [0, 0.1) is 19.8 Å². The van der Waals surface area contributed by atoms with Gasteiger partial charge in [-0.1, -0.05) is 130 Å². The van der Waals surface area contributed by atoms with Crippen molar-refractivity contribution in [2.75, 3.05) is 0 Å². The van der Waals surface area contributed by atoms with Gasteiger partial charge in [0.15, 0.2) is 0 Å². The number of benzene rings is 1. The maximum Gasteiger partial charge on any atom is 0.130 e. The number of carbonyl (C=O) groups excluding carboxylic acids is 2. The van der Waals surface area contributed by atoms with Crippen LogP contribution in [0.4, 0.5) is 0 Å². The fourth-order valence-corrected chi connectivity index (χ4v) is 4.25. The largest absolute Gasteiger partial charge is 0.392 e. The first-order chi connectivity index (χ1) is 20.0. The van der Waals surface area contributed by atoms with E-state index in [0.717, 1.165) is 40.3 Å². The van der Waals surface area contributed by atoms with Gasteiger partial charge in [0.1, 0.15) is 17.4 Å². The van der Waals surface area contributed by atoms with Gasteiger partial charge in [-0.15, -0.1) is 0 Å². The topological polar surface area (TPSA) is 80.2 Å². The Kier molecular flexibility index (Phi) is 31.1. The molecule has 1 heterocycles. The van der Waals surface area contributed by atoms with Crippen LogP contribution in [0.2, 0.25) is 0 Å². The van der Waals surface area contributed by atoms with E-state index in [0.29, 0.717) is 11.7 Å². The number of aliphatic hydroxyl groups is 1. The van der Waals surface area contributed by atoms with Crippen LogP contribution in [0.15, 0.2) is 30.8 Å². The van der Waals surface area contributed by atoms with Crippen molar-refractivity contribution in [1.82, 2.24) is 9.97 Å². The van der Waals surface area contributed by atoms with Crippen LogP contribution >= 0.6 is 0 Å². The number of aryl methyl sites for hydroxylation is 2. The number of nitrogens with zero attached hydrogens (tertiary/aromatic N) is 2. The van der Waals surface area contributed by atoms with Gasteiger partial charge in [-0.05, 0) is 52.2 Å². The highest BCUT2D eigenvalue weighted by Gasteiger charge is 2.10. The highest BCUT2D eigenvalue weighted by molar-refractivity contribution is 5.75. The van der Waals surface area contributed by atoms with E-state index in [9.17, 15) is 14.7 Å². The van der Waals surface area contributed by atoms with Crippen LogP contribution in [-0.4, -0.2) is 26.6 Å². The summed E-state index contributed by atoms with van der Waals surface area (Å²) in [6.45, 7) is 25.3. The molecule has 1 aromatic carbocycles. The number of unbranched alkanes of at least 4 members (excludes halogenated alkanes) is 4. The number of rotatable bonds is 13. The number of hydrogen-bond acceptors (Lipinski definition) is 5. The summed E-state index contributed by atoms with van der Waals surface area (Å²) < 4.78 is 0. The Balaban J connectivity index is -0.000000542. The summed E-state index contributed by atoms with van der Waals surface area (Å²) in [5, 5.41) is 9.19. The zero-order chi connectivity index (χ0) is 32.9. The van der Waals surface area contributed by atoms with E-state index in [-0.39, 0.29) is 12.4 Å². The Morgan fingerprint density at radius 3 is 1.81 bits per heavy atom. The summed E-state index contributed by atoms with van der Waals surface area (Å²) >= 11 is 0. The van der Waals surface area contributed by atoms with Gasteiger partial charge in [-0.3, -0.25) is 0 Å². The quantitative estimate of drug-likeness (QED) is 0.237. The van der Waals surface area contributed by atoms with Crippen LogP contribution < -0.4 is 0 Å². The fraction of sp³-hybridized carbons (Fsp3) is 0.622. The minimum absolute atomic E-state index is 0.0281. The van der Waals surface area contributed by atoms with Gasteiger partial charge < -0.3 is 14.7 Å². The molecule has 42 heavy (non-hydrogen) atoms. The average Bonchev–Trinajstić information content (AvgIpc) is 2.94. The van der Waals surface area contributed by atoms with Crippen molar-refractivity contribution in [3.05, 3.63) is 53.5 Å². The average molecular weight is 585 g/mol. The van der Waals surface area contributed by atoms with E-state index < -0.39 is 0 Å². The van der Waals surface area contributed by atoms with Crippen LogP contribution in [0.5, 0.6) is 0 Å². The lowest BCUT2D eigenvalue weighted by Crippen LogP contribution is -2.05. The van der Waals surface area contributed by atoms with Crippen molar-refractivity contribution in [3.8, 4) is 11.3 Å². The molecular formula is C37H64N2O3. The molecule has 1 N–H and O–H groups in total. The molecule has 2 rings (SSSR count). The number of carbonyl (C=O) groups is 2. The third-order valence-electron chi connectivity index (χ3n) is 6.01. The minimum Gasteiger partial charge on any atom is -0.392 e. The first-order valence-corrected chi connectivity index (χ1v) is 16.1. The van der Waals surface area contributed by atoms with E-state index >= 15 is 0 Å². The Hall–Kier alpha value is -2.66. The molecule has 0 atom stereocenters. The summed E-state index contributed by atoms with van der Waals surface area (Å²) in [6, 6.07) is 7.72. The molecule has 0 fully saturated rings. The van der Waals surface area contributed by atoms with Crippen molar-refractivity contribution in [1.29, 1.82) is 0 Å². The molecule has 0 spiro atoms. The zero-order valence-corrected chi connectivity index (χ0v) is 29.1. The Bertz CT molecular complexity index is 955. The molecule has 0 aliphatic rings. The fourth-order valence-electron chi connectivity index (χ4n) is 4.25.